The molecule has 0 spiro atoms. The lowest BCUT2D eigenvalue weighted by molar-refractivity contribution is -0.160. The third kappa shape index (κ3) is 8.04. The minimum Gasteiger partial charge on any atom is -0.460 e. The van der Waals surface area contributed by atoms with Crippen LogP contribution in [0.5, 0.6) is 0 Å². The highest BCUT2D eigenvalue weighted by molar-refractivity contribution is 6.04. The highest BCUT2D eigenvalue weighted by Gasteiger charge is 2.31. The first-order valence-corrected chi connectivity index (χ1v) is 15.7. The zero-order valence-corrected chi connectivity index (χ0v) is 26.6. The molecule has 2 aliphatic rings. The molecule has 2 fully saturated rings. The van der Waals surface area contributed by atoms with Gasteiger partial charge in [0.1, 0.15) is 17.2 Å². The lowest BCUT2D eigenvalue weighted by atomic mass is 9.96. The summed E-state index contributed by atoms with van der Waals surface area (Å²) in [7, 11) is 0. The van der Waals surface area contributed by atoms with Crippen molar-refractivity contribution in [2.24, 2.45) is 5.92 Å². The molecule has 0 aliphatic carbocycles. The number of nitrogens with zero attached hydrogens (tertiary/aromatic N) is 3. The Bertz CT molecular complexity index is 1560. The third-order valence-corrected chi connectivity index (χ3v) is 8.62. The topological polar surface area (TPSA) is 74.8 Å². The molecule has 2 aromatic carbocycles. The lowest BCUT2D eigenvalue weighted by Crippen LogP contribution is -2.38. The number of nitrogens with one attached hydrogen (secondary N) is 1. The molecule has 0 radical (unpaired) electrons. The first-order chi connectivity index (χ1) is 21.7. The van der Waals surface area contributed by atoms with Crippen LogP contribution in [-0.2, 0) is 22.3 Å². The fourth-order valence-corrected chi connectivity index (χ4v) is 6.07. The number of likely N-dealkylation sites (tertiary alicyclic amines) is 1. The van der Waals surface area contributed by atoms with Crippen LogP contribution in [0.25, 0.3) is 11.1 Å². The van der Waals surface area contributed by atoms with Crippen molar-refractivity contribution >= 4 is 23.4 Å². The Morgan fingerprint density at radius 3 is 2.26 bits per heavy atom. The second-order valence-electron chi connectivity index (χ2n) is 13.2. The SMILES string of the molecule is C[C@@H]1CCCN1Cc1cc(NC(=O)c2ccc(N3CCC(C(=O)OC(C)(C)C)CC3)cc2F)ncc1-c1ccc(C(F)(F)F)cc1. The number of halogens is 4. The summed E-state index contributed by atoms with van der Waals surface area (Å²) < 4.78 is 60.3. The van der Waals surface area contributed by atoms with Gasteiger partial charge in [-0.15, -0.1) is 0 Å². The van der Waals surface area contributed by atoms with Crippen LogP contribution in [0.15, 0.2) is 54.7 Å². The maximum Gasteiger partial charge on any atom is 0.416 e. The van der Waals surface area contributed by atoms with E-state index in [1.807, 2.05) is 25.7 Å². The molecule has 1 N–H and O–H groups in total. The maximum absolute atomic E-state index is 15.3. The highest BCUT2D eigenvalue weighted by atomic mass is 19.4. The molecule has 0 unspecified atom stereocenters. The molecule has 1 amide bonds. The number of pyridine rings is 1. The van der Waals surface area contributed by atoms with Crippen LogP contribution in [0.2, 0.25) is 0 Å². The number of carbonyl (C=O) groups excluding carboxylic acids is 2. The van der Waals surface area contributed by atoms with E-state index in [-0.39, 0.29) is 23.3 Å². The van der Waals surface area contributed by atoms with E-state index in [4.69, 9.17) is 4.74 Å². The van der Waals surface area contributed by atoms with Gasteiger partial charge in [0.15, 0.2) is 0 Å². The van der Waals surface area contributed by atoms with E-state index in [0.29, 0.717) is 55.3 Å². The Kier molecular flexibility index (Phi) is 9.72. The van der Waals surface area contributed by atoms with E-state index in [1.165, 1.54) is 30.5 Å². The van der Waals surface area contributed by atoms with Gasteiger partial charge in [-0.1, -0.05) is 12.1 Å². The molecular formula is C35H40F4N4O3. The molecule has 0 bridgehead atoms. The molecule has 46 heavy (non-hydrogen) atoms. The van der Waals surface area contributed by atoms with Crippen molar-refractivity contribution in [3.63, 3.8) is 0 Å². The van der Waals surface area contributed by atoms with Crippen molar-refractivity contribution < 1.29 is 31.9 Å². The number of alkyl halides is 3. The second kappa shape index (κ2) is 13.4. The zero-order chi connectivity index (χ0) is 33.2. The largest absolute Gasteiger partial charge is 0.460 e. The number of rotatable bonds is 7. The van der Waals surface area contributed by atoms with Crippen molar-refractivity contribution in [2.75, 3.05) is 29.9 Å². The molecular weight excluding hydrogens is 600 g/mol. The monoisotopic (exact) mass is 640 g/mol. The Morgan fingerprint density at radius 2 is 1.67 bits per heavy atom. The lowest BCUT2D eigenvalue weighted by Gasteiger charge is -2.34. The highest BCUT2D eigenvalue weighted by Crippen LogP contribution is 2.34. The number of benzene rings is 2. The molecule has 246 valence electrons. The van der Waals surface area contributed by atoms with Crippen LogP contribution in [0, 0.1) is 11.7 Å². The van der Waals surface area contributed by atoms with Crippen LogP contribution in [-0.4, -0.2) is 53.0 Å². The van der Waals surface area contributed by atoms with Crippen molar-refractivity contribution in [3.8, 4) is 11.1 Å². The smallest absolute Gasteiger partial charge is 0.416 e. The third-order valence-electron chi connectivity index (χ3n) is 8.62. The Labute approximate surface area is 266 Å². The van der Waals surface area contributed by atoms with Gasteiger partial charge in [-0.25, -0.2) is 9.37 Å². The van der Waals surface area contributed by atoms with Crippen LogP contribution in [0.3, 0.4) is 0 Å². The Hall–Kier alpha value is -3.99. The number of anilines is 2. The Morgan fingerprint density at radius 1 is 0.978 bits per heavy atom. The van der Waals surface area contributed by atoms with Crippen LogP contribution < -0.4 is 10.2 Å². The molecule has 0 saturated carbocycles. The molecule has 2 saturated heterocycles. The van der Waals surface area contributed by atoms with Crippen molar-refractivity contribution in [1.29, 1.82) is 0 Å². The summed E-state index contributed by atoms with van der Waals surface area (Å²) in [5.74, 6) is -1.55. The van der Waals surface area contributed by atoms with Crippen molar-refractivity contribution in [3.05, 3.63) is 77.2 Å². The average molecular weight is 641 g/mol. The summed E-state index contributed by atoms with van der Waals surface area (Å²) in [5, 5.41) is 2.70. The predicted octanol–water partition coefficient (Wildman–Crippen LogP) is 7.70. The number of aromatic nitrogens is 1. The van der Waals surface area contributed by atoms with E-state index < -0.39 is 29.1 Å². The van der Waals surface area contributed by atoms with Crippen LogP contribution >= 0.6 is 0 Å². The second-order valence-corrected chi connectivity index (χ2v) is 13.2. The first-order valence-electron chi connectivity index (χ1n) is 15.7. The van der Waals surface area contributed by atoms with Crippen LogP contribution in [0.4, 0.5) is 29.1 Å². The predicted molar refractivity (Wildman–Crippen MR) is 169 cm³/mol. The number of carbonyl (C=O) groups is 2. The molecule has 11 heteroatoms. The standard InChI is InChI=1S/C35H40F4N4O3/c1-22-6-5-15-43(22)21-25-18-31(40-20-29(25)23-7-9-26(10-8-23)35(37,38)39)41-32(44)28-12-11-27(19-30(28)36)42-16-13-24(14-17-42)33(45)46-34(2,3)4/h7-12,18-20,22,24H,5-6,13-17,21H2,1-4H3,(H,40,41,44)/t22-/m1/s1. The van der Waals surface area contributed by atoms with E-state index in [0.717, 1.165) is 37.1 Å². The van der Waals surface area contributed by atoms with E-state index in [1.54, 1.807) is 12.1 Å². The number of hydrogen-bond acceptors (Lipinski definition) is 6. The molecule has 3 aromatic rings. The minimum absolute atomic E-state index is 0.143. The molecule has 2 aliphatic heterocycles. The van der Waals surface area contributed by atoms with Crippen LogP contribution in [0.1, 0.15) is 74.9 Å². The van der Waals surface area contributed by atoms with E-state index in [2.05, 4.69) is 22.1 Å². The molecule has 3 heterocycles. The van der Waals surface area contributed by atoms with Gasteiger partial charge in [0.2, 0.25) is 0 Å². The molecule has 1 aromatic heterocycles. The fraction of sp³-hybridized carbons (Fsp3) is 0.457. The number of amides is 1. The van der Waals surface area contributed by atoms with Gasteiger partial charge in [-0.05, 0) is 107 Å². The zero-order valence-electron chi connectivity index (χ0n) is 26.6. The van der Waals surface area contributed by atoms with Gasteiger partial charge in [0, 0.05) is 43.1 Å². The maximum atomic E-state index is 15.3. The number of ether oxygens (including phenoxy) is 1. The van der Waals surface area contributed by atoms with Gasteiger partial charge in [-0.3, -0.25) is 14.5 Å². The summed E-state index contributed by atoms with van der Waals surface area (Å²) in [5.41, 5.74) is 1.23. The minimum atomic E-state index is -4.44. The normalized spacial score (nSPS) is 18.1. The van der Waals surface area contributed by atoms with Gasteiger partial charge in [-0.2, -0.15) is 13.2 Å². The quantitative estimate of drug-likeness (QED) is 0.211. The molecule has 5 rings (SSSR count). The number of hydrogen-bond donors (Lipinski definition) is 1. The average Bonchev–Trinajstić information content (AvgIpc) is 3.40. The fourth-order valence-electron chi connectivity index (χ4n) is 6.07. The molecule has 1 atom stereocenters. The van der Waals surface area contributed by atoms with E-state index >= 15 is 4.39 Å². The molecule has 7 nitrogen and oxygen atoms in total. The first kappa shape index (κ1) is 33.4. The van der Waals surface area contributed by atoms with Gasteiger partial charge in [0.05, 0.1) is 17.0 Å². The van der Waals surface area contributed by atoms with Crippen molar-refractivity contribution in [2.45, 2.75) is 77.7 Å². The summed E-state index contributed by atoms with van der Waals surface area (Å²) in [6.45, 7) is 10.2. The van der Waals surface area contributed by atoms with E-state index in [9.17, 15) is 22.8 Å². The number of piperidine rings is 1. The summed E-state index contributed by atoms with van der Waals surface area (Å²) in [4.78, 5) is 34.3. The Balaban J connectivity index is 1.30. The van der Waals surface area contributed by atoms with Gasteiger partial charge in [0.25, 0.3) is 5.91 Å². The summed E-state index contributed by atoms with van der Waals surface area (Å²) >= 11 is 0. The van der Waals surface area contributed by atoms with Gasteiger partial charge < -0.3 is 15.0 Å². The number of esters is 1. The summed E-state index contributed by atoms with van der Waals surface area (Å²) in [6.07, 6.45) is 0.361. The van der Waals surface area contributed by atoms with Gasteiger partial charge >= 0.3 is 12.1 Å². The summed E-state index contributed by atoms with van der Waals surface area (Å²) in [6, 6.07) is 11.4. The van der Waals surface area contributed by atoms with Crippen molar-refractivity contribution in [1.82, 2.24) is 9.88 Å².